The summed E-state index contributed by atoms with van der Waals surface area (Å²) in [5.74, 6) is -18.1. The number of hydrogen-bond donors (Lipinski definition) is 1. The molecular weight excluding hydrogens is 592 g/mol. The molecule has 0 aliphatic carbocycles. The number of allylic oxidation sites excluding steroid dienone is 2. The molecule has 1 unspecified atom stereocenters. The topological polar surface area (TPSA) is 105 Å². The Morgan fingerprint density at radius 2 is 1.17 bits per heavy atom. The molecule has 0 aromatic carbocycles. The Morgan fingerprint density at radius 3 is 1.54 bits per heavy atom. The Morgan fingerprint density at radius 1 is 0.780 bits per heavy atom. The number of alkyl halides is 10. The van der Waals surface area contributed by atoms with Crippen LogP contribution in [0.5, 0.6) is 0 Å². The molecule has 242 valence electrons. The quantitative estimate of drug-likeness (QED) is 0.234. The summed E-state index contributed by atoms with van der Waals surface area (Å²) in [5, 5.41) is 9.92. The third-order valence-corrected chi connectivity index (χ3v) is 4.59. The summed E-state index contributed by atoms with van der Waals surface area (Å²) in [4.78, 5) is 37.1. The van der Waals surface area contributed by atoms with Crippen molar-refractivity contribution in [2.45, 2.75) is 84.9 Å². The molecule has 0 saturated heterocycles. The Balaban J connectivity index is -0.00000481. The lowest BCUT2D eigenvalue weighted by Gasteiger charge is -2.34. The van der Waals surface area contributed by atoms with Gasteiger partial charge in [0.15, 0.2) is 0 Å². The summed E-state index contributed by atoms with van der Waals surface area (Å²) < 4.78 is 140. The fourth-order valence-electron chi connectivity index (χ4n) is 2.64. The second kappa shape index (κ2) is 14.8. The Kier molecular flexibility index (Phi) is 15.4. The summed E-state index contributed by atoms with van der Waals surface area (Å²) in [5.41, 5.74) is -3.67. The van der Waals surface area contributed by atoms with E-state index in [0.29, 0.717) is 9.13 Å². The number of aliphatic hydroxyl groups excluding tert-OH is 1. The van der Waals surface area contributed by atoms with Gasteiger partial charge < -0.3 is 9.84 Å². The van der Waals surface area contributed by atoms with Crippen LogP contribution in [0.2, 0.25) is 0 Å². The van der Waals surface area contributed by atoms with E-state index in [1.807, 2.05) is 0 Å². The second-order valence-electron chi connectivity index (χ2n) is 7.73. The van der Waals surface area contributed by atoms with Crippen molar-refractivity contribution in [2.24, 2.45) is 0 Å². The van der Waals surface area contributed by atoms with Gasteiger partial charge in [-0.1, -0.05) is 34.4 Å². The first-order valence-corrected chi connectivity index (χ1v) is 10.1. The van der Waals surface area contributed by atoms with Gasteiger partial charge in [-0.05, 0) is 0 Å². The number of nitrogens with zero attached hydrogens (tertiary/aromatic N) is 3. The second-order valence-corrected chi connectivity index (χ2v) is 7.73. The van der Waals surface area contributed by atoms with Gasteiger partial charge in [-0.3, -0.25) is 0 Å². The van der Waals surface area contributed by atoms with Gasteiger partial charge in [-0.15, -0.1) is 13.2 Å². The van der Waals surface area contributed by atoms with E-state index in [4.69, 9.17) is 0 Å². The number of rotatable bonds is 15. The number of ether oxygens (including phenoxy) is 2. The number of aliphatic hydroxyl groups is 1. The van der Waals surface area contributed by atoms with Gasteiger partial charge in [0.2, 0.25) is 0 Å². The van der Waals surface area contributed by atoms with Crippen molar-refractivity contribution >= 4 is 0 Å². The van der Waals surface area contributed by atoms with Crippen molar-refractivity contribution < 1.29 is 58.5 Å². The molecule has 1 rings (SSSR count). The maximum absolute atomic E-state index is 13.7. The van der Waals surface area contributed by atoms with Gasteiger partial charge >= 0.3 is 47.1 Å². The van der Waals surface area contributed by atoms with Crippen molar-refractivity contribution in [2.75, 3.05) is 13.2 Å². The predicted molar refractivity (Wildman–Crippen MR) is 128 cm³/mol. The molecule has 0 aliphatic heterocycles. The minimum absolute atomic E-state index is 0. The molecule has 1 atom stereocenters. The molecule has 41 heavy (non-hydrogen) atoms. The van der Waals surface area contributed by atoms with Gasteiger partial charge in [0, 0.05) is 6.92 Å². The molecule has 0 bridgehead atoms. The third kappa shape index (κ3) is 9.03. The summed E-state index contributed by atoms with van der Waals surface area (Å²) in [6.07, 6.45) is -13.1. The highest BCUT2D eigenvalue weighted by Gasteiger charge is 2.75. The summed E-state index contributed by atoms with van der Waals surface area (Å²) in [7, 11) is 0. The van der Waals surface area contributed by atoms with Gasteiger partial charge in [0.05, 0.1) is 32.3 Å². The molecular formula is C22H33F10N3O6. The van der Waals surface area contributed by atoms with Crippen molar-refractivity contribution in [1.29, 1.82) is 0 Å². The highest BCUT2D eigenvalue weighted by Crippen LogP contribution is 2.50. The maximum Gasteiger partial charge on any atom is 0.430 e. The first kappa shape index (κ1) is 42.5. The van der Waals surface area contributed by atoms with E-state index in [1.54, 1.807) is 0 Å². The fourth-order valence-corrected chi connectivity index (χ4v) is 2.64. The van der Waals surface area contributed by atoms with E-state index in [2.05, 4.69) is 22.6 Å². The fraction of sp³-hybridized carbons (Fsp3) is 0.682. The van der Waals surface area contributed by atoms with Crippen LogP contribution in [-0.2, 0) is 29.1 Å². The van der Waals surface area contributed by atoms with Crippen molar-refractivity contribution in [1.82, 2.24) is 13.7 Å². The van der Waals surface area contributed by atoms with Crippen LogP contribution < -0.4 is 17.1 Å². The van der Waals surface area contributed by atoms with Crippen LogP contribution in [0.3, 0.4) is 0 Å². The lowest BCUT2D eigenvalue weighted by Crippen LogP contribution is -2.59. The minimum atomic E-state index is -6.77. The van der Waals surface area contributed by atoms with Crippen molar-refractivity contribution in [3.05, 3.63) is 56.8 Å². The molecule has 0 fully saturated rings. The highest BCUT2D eigenvalue weighted by atomic mass is 19.4. The number of aromatic nitrogens is 3. The maximum atomic E-state index is 13.7. The Labute approximate surface area is 227 Å². The monoisotopic (exact) mass is 625 g/mol. The van der Waals surface area contributed by atoms with E-state index in [-0.39, 0.29) is 26.8 Å². The first-order chi connectivity index (χ1) is 17.1. The normalized spacial score (nSPS) is 13.4. The van der Waals surface area contributed by atoms with Crippen LogP contribution in [0.4, 0.5) is 43.9 Å². The minimum Gasteiger partial charge on any atom is -0.389 e. The van der Waals surface area contributed by atoms with Crippen molar-refractivity contribution in [3.8, 4) is 0 Å². The molecule has 1 N–H and O–H groups in total. The molecule has 0 spiro atoms. The average Bonchev–Trinajstić information content (AvgIpc) is 2.75. The first-order valence-electron chi connectivity index (χ1n) is 10.1. The van der Waals surface area contributed by atoms with Crippen LogP contribution in [-0.4, -0.2) is 68.1 Å². The van der Waals surface area contributed by atoms with Crippen LogP contribution in [0, 0.1) is 0 Å². The van der Waals surface area contributed by atoms with Crippen LogP contribution >= 0.6 is 0 Å². The molecule has 0 aliphatic rings. The van der Waals surface area contributed by atoms with E-state index in [9.17, 15) is 63.4 Å². The zero-order valence-corrected chi connectivity index (χ0v) is 19.3. The standard InChI is InChI=1S/C19H21F10N3O6.3CH4/c1-4-6-30-12(34)31(7-5-2)14(36)32(13(30)35)8-11(33)9-37-10-16(22,23)18(26,27)38-19(28,29)17(24,25)15(3,20)21;;;/h4-5,11,33H,1-2,6-10H2,3H3;3*1H4. The predicted octanol–water partition coefficient (Wildman–Crippen LogP) is 3.96. The van der Waals surface area contributed by atoms with E-state index >= 15 is 0 Å². The summed E-state index contributed by atoms with van der Waals surface area (Å²) in [6.45, 7) is 0.00394. The lowest BCUT2D eigenvalue weighted by atomic mass is 10.2. The SMILES string of the molecule is C.C.C.C=CCn1c(=O)n(CC=C)c(=O)n(CC(O)COCC(F)(F)C(F)(F)OC(F)(F)C(F)(F)C(C)(F)F)c1=O. The molecule has 0 saturated carbocycles. The largest absolute Gasteiger partial charge is 0.430 e. The summed E-state index contributed by atoms with van der Waals surface area (Å²) in [6, 6.07) is 0. The molecule has 1 aromatic rings. The van der Waals surface area contributed by atoms with E-state index < -0.39 is 92.9 Å². The third-order valence-electron chi connectivity index (χ3n) is 4.59. The number of hydrogen-bond acceptors (Lipinski definition) is 6. The van der Waals surface area contributed by atoms with Gasteiger partial charge in [-0.25, -0.2) is 32.8 Å². The zero-order chi connectivity index (χ0) is 29.9. The lowest BCUT2D eigenvalue weighted by molar-refractivity contribution is -0.486. The average molecular weight is 626 g/mol. The smallest absolute Gasteiger partial charge is 0.389 e. The Hall–Kier alpha value is -2.93. The van der Waals surface area contributed by atoms with Gasteiger partial charge in [-0.2, -0.15) is 43.9 Å². The van der Waals surface area contributed by atoms with Crippen LogP contribution in [0.25, 0.3) is 0 Å². The molecule has 0 amide bonds. The highest BCUT2D eigenvalue weighted by molar-refractivity contribution is 4.91. The van der Waals surface area contributed by atoms with Crippen molar-refractivity contribution in [3.63, 3.8) is 0 Å². The summed E-state index contributed by atoms with van der Waals surface area (Å²) >= 11 is 0. The van der Waals surface area contributed by atoms with E-state index in [1.165, 1.54) is 0 Å². The molecule has 1 heterocycles. The van der Waals surface area contributed by atoms with E-state index in [0.717, 1.165) is 12.2 Å². The Bertz CT molecular complexity index is 1140. The van der Waals surface area contributed by atoms with Gasteiger partial charge in [0.25, 0.3) is 0 Å². The van der Waals surface area contributed by atoms with Crippen LogP contribution in [0.1, 0.15) is 29.2 Å². The molecule has 9 nitrogen and oxygen atoms in total. The van der Waals surface area contributed by atoms with Gasteiger partial charge in [0.1, 0.15) is 6.61 Å². The van der Waals surface area contributed by atoms with Crippen LogP contribution in [0.15, 0.2) is 39.7 Å². The zero-order valence-electron chi connectivity index (χ0n) is 19.3. The number of halogens is 10. The molecule has 19 heteroatoms. The molecule has 1 aromatic heterocycles. The molecule has 0 radical (unpaired) electrons.